The number of nitrogens with one attached hydrogen (secondary N) is 2. The van der Waals surface area contributed by atoms with Crippen molar-refractivity contribution in [3.8, 4) is 0 Å². The molecule has 0 aliphatic heterocycles. The first-order chi connectivity index (χ1) is 12.9. The molecule has 28 heavy (non-hydrogen) atoms. The molecule has 0 saturated heterocycles. The second-order valence-electron chi connectivity index (χ2n) is 6.93. The fourth-order valence-electron chi connectivity index (χ4n) is 3.03. The van der Waals surface area contributed by atoms with Crippen LogP contribution in [0.1, 0.15) is 41.7 Å². The molecule has 2 unspecified atom stereocenters. The molecule has 0 aromatic heterocycles. The van der Waals surface area contributed by atoms with E-state index in [0.29, 0.717) is 18.0 Å². The summed E-state index contributed by atoms with van der Waals surface area (Å²) < 4.78 is 28.1. The molecule has 1 aliphatic carbocycles. The number of carbonyl (C=O) groups is 1. The molecule has 1 saturated carbocycles. The number of sulfonamides is 1. The Labute approximate surface area is 172 Å². The predicted molar refractivity (Wildman–Crippen MR) is 112 cm³/mol. The van der Waals surface area contributed by atoms with E-state index in [9.17, 15) is 13.2 Å². The average Bonchev–Trinajstić information content (AvgIpc) is 3.51. The van der Waals surface area contributed by atoms with E-state index in [0.717, 1.165) is 18.4 Å². The Morgan fingerprint density at radius 3 is 2.43 bits per heavy atom. The van der Waals surface area contributed by atoms with Crippen molar-refractivity contribution in [3.63, 3.8) is 0 Å². The summed E-state index contributed by atoms with van der Waals surface area (Å²) in [6, 6.07) is 14.9. The number of hydrogen-bond acceptors (Lipinski definition) is 4. The fourth-order valence-corrected chi connectivity index (χ4v) is 4.31. The molecule has 3 rings (SSSR count). The second-order valence-corrected chi connectivity index (χ2v) is 8.65. The van der Waals surface area contributed by atoms with Gasteiger partial charge in [0.2, 0.25) is 10.0 Å². The van der Waals surface area contributed by atoms with Crippen LogP contribution in [0.3, 0.4) is 0 Å². The van der Waals surface area contributed by atoms with Gasteiger partial charge in [0.25, 0.3) is 5.91 Å². The molecule has 1 aliphatic rings. The van der Waals surface area contributed by atoms with Crippen molar-refractivity contribution in [3.05, 3.63) is 65.7 Å². The number of rotatable bonds is 8. The summed E-state index contributed by atoms with van der Waals surface area (Å²) in [6.45, 7) is 2.16. The highest BCUT2D eigenvalue weighted by Crippen LogP contribution is 2.32. The number of carbonyl (C=O) groups excluding carboxylic acids is 1. The van der Waals surface area contributed by atoms with Gasteiger partial charge in [-0.25, -0.2) is 13.1 Å². The maximum Gasteiger partial charge on any atom is 0.251 e. The topological polar surface area (TPSA) is 101 Å². The average molecular weight is 424 g/mol. The van der Waals surface area contributed by atoms with Crippen LogP contribution in [0.5, 0.6) is 0 Å². The van der Waals surface area contributed by atoms with Crippen molar-refractivity contribution < 1.29 is 13.2 Å². The first-order valence-corrected chi connectivity index (χ1v) is 10.6. The van der Waals surface area contributed by atoms with Crippen LogP contribution in [0.4, 0.5) is 0 Å². The molecule has 4 N–H and O–H groups in total. The molecule has 8 heteroatoms. The van der Waals surface area contributed by atoms with Crippen LogP contribution in [0.25, 0.3) is 0 Å². The third-order valence-corrected chi connectivity index (χ3v) is 6.34. The second kappa shape index (κ2) is 9.52. The molecule has 0 bridgehead atoms. The van der Waals surface area contributed by atoms with Crippen LogP contribution in [-0.4, -0.2) is 26.9 Å². The highest BCUT2D eigenvalue weighted by Gasteiger charge is 2.31. The van der Waals surface area contributed by atoms with Crippen LogP contribution in [0.2, 0.25) is 0 Å². The minimum atomic E-state index is -3.76. The molecule has 152 valence electrons. The van der Waals surface area contributed by atoms with E-state index in [2.05, 4.69) is 10.0 Å². The van der Waals surface area contributed by atoms with Crippen molar-refractivity contribution in [1.82, 2.24) is 10.0 Å². The Hall–Kier alpha value is -1.93. The summed E-state index contributed by atoms with van der Waals surface area (Å²) in [4.78, 5) is 12.6. The minimum Gasteiger partial charge on any atom is -0.348 e. The van der Waals surface area contributed by atoms with Gasteiger partial charge in [-0.05, 0) is 49.4 Å². The van der Waals surface area contributed by atoms with Gasteiger partial charge >= 0.3 is 0 Å². The van der Waals surface area contributed by atoms with Gasteiger partial charge in [-0.2, -0.15) is 0 Å². The van der Waals surface area contributed by atoms with Crippen LogP contribution >= 0.6 is 12.4 Å². The number of amides is 1. The van der Waals surface area contributed by atoms with Crippen LogP contribution in [0.15, 0.2) is 59.5 Å². The zero-order valence-corrected chi connectivity index (χ0v) is 17.3. The highest BCUT2D eigenvalue weighted by atomic mass is 35.5. The van der Waals surface area contributed by atoms with Gasteiger partial charge in [0.05, 0.1) is 4.90 Å². The van der Waals surface area contributed by atoms with Gasteiger partial charge in [0.1, 0.15) is 0 Å². The van der Waals surface area contributed by atoms with Gasteiger partial charge in [-0.1, -0.05) is 36.4 Å². The Morgan fingerprint density at radius 1 is 1.14 bits per heavy atom. The number of benzene rings is 2. The normalized spacial score (nSPS) is 15.9. The van der Waals surface area contributed by atoms with Gasteiger partial charge in [-0.3, -0.25) is 4.79 Å². The van der Waals surface area contributed by atoms with E-state index in [4.69, 9.17) is 5.73 Å². The maximum atomic E-state index is 12.7. The summed E-state index contributed by atoms with van der Waals surface area (Å²) in [5, 5.41) is 2.91. The largest absolute Gasteiger partial charge is 0.348 e. The SMILES string of the molecule is CC(NS(=O)(=O)c1cccc(C(=O)NC(CN)C2CC2)c1)c1ccccc1.Cl. The summed E-state index contributed by atoms with van der Waals surface area (Å²) >= 11 is 0. The lowest BCUT2D eigenvalue weighted by atomic mass is 10.1. The Balaban J connectivity index is 0.00000280. The van der Waals surface area contributed by atoms with E-state index in [-0.39, 0.29) is 35.3 Å². The van der Waals surface area contributed by atoms with E-state index in [1.54, 1.807) is 19.1 Å². The van der Waals surface area contributed by atoms with Crippen LogP contribution in [-0.2, 0) is 10.0 Å². The van der Waals surface area contributed by atoms with Gasteiger partial charge in [0.15, 0.2) is 0 Å². The van der Waals surface area contributed by atoms with Gasteiger partial charge < -0.3 is 11.1 Å². The van der Waals surface area contributed by atoms with Crippen molar-refractivity contribution in [2.45, 2.75) is 36.7 Å². The molecule has 6 nitrogen and oxygen atoms in total. The molecule has 0 heterocycles. The van der Waals surface area contributed by atoms with E-state index < -0.39 is 10.0 Å². The lowest BCUT2D eigenvalue weighted by Gasteiger charge is -2.17. The first kappa shape index (κ1) is 22.4. The predicted octanol–water partition coefficient (Wildman–Crippen LogP) is 2.62. The first-order valence-electron chi connectivity index (χ1n) is 9.09. The lowest BCUT2D eigenvalue weighted by molar-refractivity contribution is 0.0933. The number of halogens is 1. The summed E-state index contributed by atoms with van der Waals surface area (Å²) in [5.74, 6) is 0.129. The molecule has 2 aromatic rings. The number of nitrogens with two attached hydrogens (primary N) is 1. The molecule has 1 fully saturated rings. The quantitative estimate of drug-likeness (QED) is 0.607. The monoisotopic (exact) mass is 423 g/mol. The summed E-state index contributed by atoms with van der Waals surface area (Å²) in [5.41, 5.74) is 6.90. The molecule has 0 radical (unpaired) electrons. The van der Waals surface area contributed by atoms with Crippen LogP contribution in [0, 0.1) is 5.92 Å². The maximum absolute atomic E-state index is 12.7. The number of hydrogen-bond donors (Lipinski definition) is 3. The third-order valence-electron chi connectivity index (χ3n) is 4.80. The Morgan fingerprint density at radius 2 is 1.82 bits per heavy atom. The lowest BCUT2D eigenvalue weighted by Crippen LogP contribution is -2.41. The van der Waals surface area contributed by atoms with Crippen LogP contribution < -0.4 is 15.8 Å². The van der Waals surface area contributed by atoms with E-state index in [1.165, 1.54) is 12.1 Å². The summed E-state index contributed by atoms with van der Waals surface area (Å²) in [7, 11) is -3.76. The van der Waals surface area contributed by atoms with Gasteiger partial charge in [-0.15, -0.1) is 12.4 Å². The van der Waals surface area contributed by atoms with E-state index in [1.807, 2.05) is 30.3 Å². The summed E-state index contributed by atoms with van der Waals surface area (Å²) in [6.07, 6.45) is 2.13. The zero-order chi connectivity index (χ0) is 19.4. The van der Waals surface area contributed by atoms with Crippen molar-refractivity contribution in [2.75, 3.05) is 6.54 Å². The molecular weight excluding hydrogens is 398 g/mol. The smallest absolute Gasteiger partial charge is 0.251 e. The van der Waals surface area contributed by atoms with Crippen molar-refractivity contribution >= 4 is 28.3 Å². The molecule has 1 amide bonds. The van der Waals surface area contributed by atoms with Crippen molar-refractivity contribution in [2.24, 2.45) is 11.7 Å². The molecule has 0 spiro atoms. The zero-order valence-electron chi connectivity index (χ0n) is 15.7. The van der Waals surface area contributed by atoms with E-state index >= 15 is 0 Å². The van der Waals surface area contributed by atoms with Crippen molar-refractivity contribution in [1.29, 1.82) is 0 Å². The Kier molecular flexibility index (Phi) is 7.60. The highest BCUT2D eigenvalue weighted by molar-refractivity contribution is 7.89. The minimum absolute atomic E-state index is 0. The fraction of sp³-hybridized carbons (Fsp3) is 0.350. The standard InChI is InChI=1S/C20H25N3O3S.ClH/c1-14(15-6-3-2-4-7-15)23-27(25,26)18-9-5-8-17(12-18)20(24)22-19(13-21)16-10-11-16;/h2-9,12,14,16,19,23H,10-11,13,21H2,1H3,(H,22,24);1H. The molecule has 2 aromatic carbocycles. The Bertz CT molecular complexity index is 902. The molecular formula is C20H26ClN3O3S. The van der Waals surface area contributed by atoms with Gasteiger partial charge in [0, 0.05) is 24.2 Å². The molecule has 2 atom stereocenters. The third kappa shape index (κ3) is 5.54.